The Morgan fingerprint density at radius 2 is 2.25 bits per heavy atom. The number of aromatic nitrogens is 2. The quantitative estimate of drug-likeness (QED) is 0.714. The smallest absolute Gasteiger partial charge is 0.198 e. The molecule has 3 rings (SSSR count). The number of nitrogens with one attached hydrogen (secondary N) is 1. The average Bonchev–Trinajstić information content (AvgIpc) is 2.75. The van der Waals surface area contributed by atoms with E-state index in [1.165, 1.54) is 0 Å². The van der Waals surface area contributed by atoms with Crippen molar-refractivity contribution in [2.75, 3.05) is 0 Å². The van der Waals surface area contributed by atoms with Gasteiger partial charge >= 0.3 is 0 Å². The molecule has 0 saturated heterocycles. The van der Waals surface area contributed by atoms with Crippen LogP contribution in [0.5, 0.6) is 5.88 Å². The zero-order valence-corrected chi connectivity index (χ0v) is 11.2. The van der Waals surface area contributed by atoms with Crippen molar-refractivity contribution < 1.29 is 5.11 Å². The molecule has 2 N–H and O–H groups in total. The first-order valence-electron chi connectivity index (χ1n) is 6.44. The molecule has 0 atom stereocenters. The van der Waals surface area contributed by atoms with Gasteiger partial charge in [0.2, 0.25) is 0 Å². The van der Waals surface area contributed by atoms with Crippen LogP contribution in [0.2, 0.25) is 0 Å². The number of aryl methyl sites for hydroxylation is 1. The van der Waals surface area contributed by atoms with E-state index >= 15 is 0 Å². The average molecular weight is 265 g/mol. The van der Waals surface area contributed by atoms with Gasteiger partial charge in [-0.2, -0.15) is 0 Å². The number of aliphatic imine (C=N–C) groups is 1. The van der Waals surface area contributed by atoms with E-state index in [1.807, 2.05) is 37.3 Å². The van der Waals surface area contributed by atoms with E-state index in [0.717, 1.165) is 27.6 Å². The number of fused-ring (bicyclic) bond motifs is 1. The molecule has 0 bridgehead atoms. The molecule has 1 aromatic carbocycles. The highest BCUT2D eigenvalue weighted by Crippen LogP contribution is 2.26. The molecule has 0 aliphatic rings. The minimum atomic E-state index is 0.153. The molecule has 0 spiro atoms. The fourth-order valence-electron chi connectivity index (χ4n) is 2.18. The second-order valence-corrected chi connectivity index (χ2v) is 4.77. The van der Waals surface area contributed by atoms with Gasteiger partial charge in [-0.1, -0.05) is 18.2 Å². The number of pyridine rings is 1. The lowest BCUT2D eigenvalue weighted by molar-refractivity contribution is 0.457. The first-order valence-corrected chi connectivity index (χ1v) is 6.44. The van der Waals surface area contributed by atoms with Gasteiger partial charge in [-0.25, -0.2) is 0 Å². The van der Waals surface area contributed by atoms with Gasteiger partial charge in [0, 0.05) is 29.5 Å². The molecule has 3 aromatic rings. The fraction of sp³-hybridized carbons (Fsp3) is 0.125. The first-order chi connectivity index (χ1) is 9.74. The van der Waals surface area contributed by atoms with Gasteiger partial charge in [0.05, 0.1) is 12.1 Å². The Morgan fingerprint density at radius 3 is 3.05 bits per heavy atom. The fourth-order valence-corrected chi connectivity index (χ4v) is 2.18. The van der Waals surface area contributed by atoms with Crippen LogP contribution >= 0.6 is 0 Å². The van der Waals surface area contributed by atoms with Crippen molar-refractivity contribution in [3.8, 4) is 5.88 Å². The minimum absolute atomic E-state index is 0.153. The number of H-pyrrole nitrogens is 1. The topological polar surface area (TPSA) is 61.3 Å². The van der Waals surface area contributed by atoms with Crippen LogP contribution in [0, 0.1) is 6.92 Å². The lowest BCUT2D eigenvalue weighted by Crippen LogP contribution is -1.85. The first kappa shape index (κ1) is 12.4. The Balaban J connectivity index is 1.89. The molecular formula is C16H15N3O. The molecule has 2 aromatic heterocycles. The number of benzene rings is 1. The van der Waals surface area contributed by atoms with E-state index < -0.39 is 0 Å². The van der Waals surface area contributed by atoms with Gasteiger partial charge in [0.1, 0.15) is 0 Å². The summed E-state index contributed by atoms with van der Waals surface area (Å²) in [6.07, 6.45) is 5.23. The summed E-state index contributed by atoms with van der Waals surface area (Å²) in [6, 6.07) is 9.88. The standard InChI is InChI=1S/C16H15N3O/c1-11-4-5-13-14(16(20)19-15(13)7-11)10-18-9-12-3-2-6-17-8-12/h2-8,10,19-20H,9H2,1H3. The van der Waals surface area contributed by atoms with E-state index in [-0.39, 0.29) is 5.88 Å². The maximum atomic E-state index is 9.96. The van der Waals surface area contributed by atoms with E-state index in [0.29, 0.717) is 6.54 Å². The van der Waals surface area contributed by atoms with Gasteiger partial charge in [0.15, 0.2) is 5.88 Å². The second-order valence-electron chi connectivity index (χ2n) is 4.77. The largest absolute Gasteiger partial charge is 0.494 e. The van der Waals surface area contributed by atoms with Crippen LogP contribution in [0.25, 0.3) is 10.9 Å². The highest BCUT2D eigenvalue weighted by atomic mass is 16.3. The lowest BCUT2D eigenvalue weighted by Gasteiger charge is -1.95. The lowest BCUT2D eigenvalue weighted by atomic mass is 10.1. The molecule has 0 aliphatic carbocycles. The van der Waals surface area contributed by atoms with Gasteiger partial charge in [-0.3, -0.25) is 9.98 Å². The SMILES string of the molecule is Cc1ccc2c(C=NCc3cccnc3)c(O)[nH]c2c1. The van der Waals surface area contributed by atoms with Crippen molar-refractivity contribution in [1.29, 1.82) is 0 Å². The van der Waals surface area contributed by atoms with Crippen LogP contribution < -0.4 is 0 Å². The maximum absolute atomic E-state index is 9.96. The van der Waals surface area contributed by atoms with Crippen LogP contribution in [-0.2, 0) is 6.54 Å². The molecule has 0 aliphatic heterocycles. The second kappa shape index (κ2) is 5.17. The Labute approximate surface area is 116 Å². The third kappa shape index (κ3) is 2.40. The summed E-state index contributed by atoms with van der Waals surface area (Å²) in [5.41, 5.74) is 3.84. The predicted octanol–water partition coefficient (Wildman–Crippen LogP) is 3.20. The predicted molar refractivity (Wildman–Crippen MR) is 80.2 cm³/mol. The van der Waals surface area contributed by atoms with Crippen molar-refractivity contribution in [2.24, 2.45) is 4.99 Å². The van der Waals surface area contributed by atoms with Crippen LogP contribution in [-0.4, -0.2) is 21.3 Å². The molecule has 0 unspecified atom stereocenters. The van der Waals surface area contributed by atoms with E-state index in [4.69, 9.17) is 0 Å². The monoisotopic (exact) mass is 265 g/mol. The number of aromatic hydroxyl groups is 1. The van der Waals surface area contributed by atoms with Crippen molar-refractivity contribution in [1.82, 2.24) is 9.97 Å². The van der Waals surface area contributed by atoms with Crippen molar-refractivity contribution in [2.45, 2.75) is 13.5 Å². The van der Waals surface area contributed by atoms with Gasteiger partial charge < -0.3 is 10.1 Å². The molecule has 20 heavy (non-hydrogen) atoms. The van der Waals surface area contributed by atoms with Gasteiger partial charge in [0.25, 0.3) is 0 Å². The van der Waals surface area contributed by atoms with Crippen LogP contribution in [0.4, 0.5) is 0 Å². The third-order valence-electron chi connectivity index (χ3n) is 3.19. The number of nitrogens with zero attached hydrogens (tertiary/aromatic N) is 2. The van der Waals surface area contributed by atoms with E-state index in [2.05, 4.69) is 15.0 Å². The zero-order valence-electron chi connectivity index (χ0n) is 11.2. The Bertz CT molecular complexity index is 760. The van der Waals surface area contributed by atoms with Gasteiger partial charge in [-0.05, 0) is 30.2 Å². The highest BCUT2D eigenvalue weighted by molar-refractivity contribution is 6.02. The Kier molecular flexibility index (Phi) is 3.21. The summed E-state index contributed by atoms with van der Waals surface area (Å²) in [6.45, 7) is 2.57. The summed E-state index contributed by atoms with van der Waals surface area (Å²) in [5.74, 6) is 0.153. The van der Waals surface area contributed by atoms with Crippen molar-refractivity contribution >= 4 is 17.1 Å². The molecule has 0 radical (unpaired) electrons. The number of hydrogen-bond acceptors (Lipinski definition) is 3. The molecular weight excluding hydrogens is 250 g/mol. The molecule has 0 fully saturated rings. The summed E-state index contributed by atoms with van der Waals surface area (Å²) in [4.78, 5) is 11.4. The third-order valence-corrected chi connectivity index (χ3v) is 3.19. The van der Waals surface area contributed by atoms with Crippen LogP contribution in [0.1, 0.15) is 16.7 Å². The highest BCUT2D eigenvalue weighted by Gasteiger charge is 2.08. The number of rotatable bonds is 3. The Hall–Kier alpha value is -2.62. The van der Waals surface area contributed by atoms with E-state index in [9.17, 15) is 5.11 Å². The van der Waals surface area contributed by atoms with Crippen LogP contribution in [0.15, 0.2) is 47.7 Å². The maximum Gasteiger partial charge on any atom is 0.198 e. The van der Waals surface area contributed by atoms with Crippen molar-refractivity contribution in [3.63, 3.8) is 0 Å². The normalized spacial score (nSPS) is 11.4. The number of aromatic amines is 1. The molecule has 100 valence electrons. The molecule has 0 amide bonds. The Morgan fingerprint density at radius 1 is 1.35 bits per heavy atom. The minimum Gasteiger partial charge on any atom is -0.494 e. The molecule has 2 heterocycles. The molecule has 0 saturated carbocycles. The van der Waals surface area contributed by atoms with Crippen molar-refractivity contribution in [3.05, 3.63) is 59.4 Å². The van der Waals surface area contributed by atoms with E-state index in [1.54, 1.807) is 18.6 Å². The summed E-state index contributed by atoms with van der Waals surface area (Å²) < 4.78 is 0. The van der Waals surface area contributed by atoms with Gasteiger partial charge in [-0.15, -0.1) is 0 Å². The summed E-state index contributed by atoms with van der Waals surface area (Å²) in [5, 5.41) is 10.9. The van der Waals surface area contributed by atoms with Crippen LogP contribution in [0.3, 0.4) is 0 Å². The summed E-state index contributed by atoms with van der Waals surface area (Å²) in [7, 11) is 0. The summed E-state index contributed by atoms with van der Waals surface area (Å²) >= 11 is 0. The zero-order chi connectivity index (χ0) is 13.9. The molecule has 4 nitrogen and oxygen atoms in total. The molecule has 4 heteroatoms. The number of hydrogen-bond donors (Lipinski definition) is 2.